The Hall–Kier alpha value is -5.35. The Balaban J connectivity index is 1.65. The monoisotopic (exact) mass is 562 g/mol. The fraction of sp³-hybridized carbons (Fsp3) is 0.103. The molecule has 0 saturated heterocycles. The number of hydrogen-bond acceptors (Lipinski definition) is 3. The molecule has 5 rings (SSSR count). The van der Waals surface area contributed by atoms with Crippen LogP contribution >= 0.6 is 0 Å². The molecule has 2 aliphatic heterocycles. The molecule has 0 amide bonds. The van der Waals surface area contributed by atoms with Crippen molar-refractivity contribution in [3.63, 3.8) is 0 Å². The summed E-state index contributed by atoms with van der Waals surface area (Å²) in [5, 5.41) is 14.6. The van der Waals surface area contributed by atoms with Gasteiger partial charge in [-0.1, -0.05) is 92.6 Å². The second-order valence-corrected chi connectivity index (χ2v) is 10.5. The molecule has 0 aliphatic carbocycles. The lowest BCUT2D eigenvalue weighted by molar-refractivity contribution is 0.957. The number of nitrogens with one attached hydrogen (secondary N) is 3. The molecule has 4 nitrogen and oxygen atoms in total. The van der Waals surface area contributed by atoms with Gasteiger partial charge in [-0.05, 0) is 88.7 Å². The molecule has 3 heterocycles. The van der Waals surface area contributed by atoms with Gasteiger partial charge < -0.3 is 20.6 Å². The zero-order chi connectivity index (χ0) is 30.3. The molecule has 0 atom stereocenters. The standard InChI is InChI=1S/C39H38N4/c1-6-13-32(24-40)34-18-20-37(42-26-34)31-17-19-36(30(8-3)22-31)39-28(5)27(4)38(43(39)35-15-10-9-11-16-35)23-29(7-2)33-14-12-21-41-25-33/h6-20,22-25,40-42H,1-3,21,26H2,4-5H3/b29-23+,32-13+,40-24?. The second-order valence-electron chi connectivity index (χ2n) is 10.5. The molecule has 3 N–H and O–H groups in total. The highest BCUT2D eigenvalue weighted by atomic mass is 15.0. The molecular formula is C39H38N4. The molecule has 1 aromatic heterocycles. The van der Waals surface area contributed by atoms with E-state index in [0.717, 1.165) is 68.3 Å². The summed E-state index contributed by atoms with van der Waals surface area (Å²) in [7, 11) is 0. The fourth-order valence-corrected chi connectivity index (χ4v) is 5.60. The third-order valence-electron chi connectivity index (χ3n) is 8.00. The molecule has 4 heteroatoms. The minimum absolute atomic E-state index is 0.643. The number of nitrogens with zero attached hydrogens (tertiary/aromatic N) is 1. The Bertz CT molecular complexity index is 1780. The first kappa shape index (κ1) is 29.2. The highest BCUT2D eigenvalue weighted by Gasteiger charge is 2.22. The Labute approximate surface area is 255 Å². The van der Waals surface area contributed by atoms with E-state index in [1.807, 2.05) is 24.3 Å². The van der Waals surface area contributed by atoms with Gasteiger partial charge in [0.15, 0.2) is 0 Å². The van der Waals surface area contributed by atoms with Crippen LogP contribution in [0.15, 0.2) is 139 Å². The highest BCUT2D eigenvalue weighted by molar-refractivity contribution is 5.86. The van der Waals surface area contributed by atoms with E-state index in [-0.39, 0.29) is 0 Å². The first-order valence-electron chi connectivity index (χ1n) is 14.5. The number of aromatic nitrogens is 1. The quantitative estimate of drug-likeness (QED) is 0.171. The van der Waals surface area contributed by atoms with E-state index < -0.39 is 0 Å². The van der Waals surface area contributed by atoms with Crippen LogP contribution in [0, 0.1) is 19.3 Å². The summed E-state index contributed by atoms with van der Waals surface area (Å²) in [6, 6.07) is 17.1. The summed E-state index contributed by atoms with van der Waals surface area (Å²) in [5.74, 6) is 0. The maximum Gasteiger partial charge on any atom is 0.0572 e. The van der Waals surface area contributed by atoms with Crippen LogP contribution in [0.3, 0.4) is 0 Å². The smallest absolute Gasteiger partial charge is 0.0572 e. The molecule has 2 aromatic carbocycles. The molecule has 2 aliphatic rings. The molecule has 0 radical (unpaired) electrons. The van der Waals surface area contributed by atoms with Crippen LogP contribution in [0.5, 0.6) is 0 Å². The molecular weight excluding hydrogens is 524 g/mol. The summed E-state index contributed by atoms with van der Waals surface area (Å²) >= 11 is 0. The summed E-state index contributed by atoms with van der Waals surface area (Å²) in [5.41, 5.74) is 14.2. The Morgan fingerprint density at radius 3 is 2.42 bits per heavy atom. The van der Waals surface area contributed by atoms with Crippen molar-refractivity contribution in [2.24, 2.45) is 0 Å². The minimum atomic E-state index is 0.643. The van der Waals surface area contributed by atoms with Gasteiger partial charge in [0.2, 0.25) is 0 Å². The first-order chi connectivity index (χ1) is 21.0. The molecule has 0 unspecified atom stereocenters. The van der Waals surface area contributed by atoms with Crippen LogP contribution in [0.25, 0.3) is 34.8 Å². The lowest BCUT2D eigenvalue weighted by Gasteiger charge is -2.20. The van der Waals surface area contributed by atoms with Gasteiger partial charge in [-0.3, -0.25) is 0 Å². The minimum Gasteiger partial charge on any atom is -0.387 e. The molecule has 3 aromatic rings. The van der Waals surface area contributed by atoms with Crippen molar-refractivity contribution in [3.8, 4) is 16.9 Å². The predicted molar refractivity (Wildman–Crippen MR) is 185 cm³/mol. The van der Waals surface area contributed by atoms with Crippen LogP contribution < -0.4 is 10.6 Å². The van der Waals surface area contributed by atoms with Gasteiger partial charge in [0, 0.05) is 42.5 Å². The SMILES string of the molecule is C=C/C=C(\C=N)C1=CC=C(c2ccc(-c3c(C)c(C)c(/C=C(\C=C)C4=CNCC=C4)n3-c3ccccc3)c(C=C)c2)NC1. The molecule has 0 spiro atoms. The van der Waals surface area contributed by atoms with Crippen molar-refractivity contribution in [2.75, 3.05) is 13.1 Å². The second kappa shape index (κ2) is 13.1. The lowest BCUT2D eigenvalue weighted by Crippen LogP contribution is -2.20. The van der Waals surface area contributed by atoms with Crippen molar-refractivity contribution >= 4 is 24.1 Å². The van der Waals surface area contributed by atoms with Gasteiger partial charge >= 0.3 is 0 Å². The predicted octanol–water partition coefficient (Wildman–Crippen LogP) is 8.65. The van der Waals surface area contributed by atoms with Crippen LogP contribution in [0.2, 0.25) is 0 Å². The third-order valence-corrected chi connectivity index (χ3v) is 8.00. The van der Waals surface area contributed by atoms with E-state index in [9.17, 15) is 0 Å². The van der Waals surface area contributed by atoms with Gasteiger partial charge in [0.1, 0.15) is 0 Å². The van der Waals surface area contributed by atoms with Crippen LogP contribution in [-0.2, 0) is 0 Å². The average Bonchev–Trinajstić information content (AvgIpc) is 3.31. The van der Waals surface area contributed by atoms with E-state index in [2.05, 4.69) is 128 Å². The van der Waals surface area contributed by atoms with Crippen molar-refractivity contribution in [3.05, 3.63) is 167 Å². The summed E-state index contributed by atoms with van der Waals surface area (Å²) in [6.45, 7) is 18.0. The highest BCUT2D eigenvalue weighted by Crippen LogP contribution is 2.38. The Morgan fingerprint density at radius 2 is 1.79 bits per heavy atom. The summed E-state index contributed by atoms with van der Waals surface area (Å²) < 4.78 is 2.36. The van der Waals surface area contributed by atoms with Crippen LogP contribution in [0.4, 0.5) is 0 Å². The Kier molecular flexibility index (Phi) is 8.88. The molecule has 0 bridgehead atoms. The third kappa shape index (κ3) is 5.86. The van der Waals surface area contributed by atoms with Crippen LogP contribution in [-0.4, -0.2) is 23.9 Å². The van der Waals surface area contributed by atoms with Gasteiger partial charge in [0.05, 0.1) is 11.4 Å². The largest absolute Gasteiger partial charge is 0.387 e. The van der Waals surface area contributed by atoms with Crippen molar-refractivity contribution in [1.82, 2.24) is 15.2 Å². The van der Waals surface area contributed by atoms with E-state index in [4.69, 9.17) is 5.41 Å². The number of dihydropyridines is 2. The van der Waals surface area contributed by atoms with E-state index in [0.29, 0.717) is 6.54 Å². The van der Waals surface area contributed by atoms with E-state index >= 15 is 0 Å². The van der Waals surface area contributed by atoms with E-state index in [1.54, 1.807) is 6.08 Å². The number of rotatable bonds is 10. The first-order valence-corrected chi connectivity index (χ1v) is 14.5. The van der Waals surface area contributed by atoms with Gasteiger partial charge in [-0.2, -0.15) is 0 Å². The molecule has 43 heavy (non-hydrogen) atoms. The van der Waals surface area contributed by atoms with Gasteiger partial charge in [0.25, 0.3) is 0 Å². The van der Waals surface area contributed by atoms with Crippen molar-refractivity contribution < 1.29 is 0 Å². The molecule has 214 valence electrons. The zero-order valence-electron chi connectivity index (χ0n) is 25.0. The lowest BCUT2D eigenvalue weighted by atomic mass is 9.95. The summed E-state index contributed by atoms with van der Waals surface area (Å²) in [4.78, 5) is 0. The zero-order valence-corrected chi connectivity index (χ0v) is 25.0. The molecule has 0 fully saturated rings. The van der Waals surface area contributed by atoms with Gasteiger partial charge in [-0.15, -0.1) is 0 Å². The number of benzene rings is 2. The topological polar surface area (TPSA) is 52.8 Å². The maximum atomic E-state index is 7.73. The summed E-state index contributed by atoms with van der Waals surface area (Å²) in [6.07, 6.45) is 21.5. The number of para-hydroxylation sites is 1. The average molecular weight is 563 g/mol. The fourth-order valence-electron chi connectivity index (χ4n) is 5.60. The van der Waals surface area contributed by atoms with Gasteiger partial charge in [-0.25, -0.2) is 0 Å². The maximum absolute atomic E-state index is 7.73. The van der Waals surface area contributed by atoms with E-state index in [1.165, 1.54) is 17.3 Å². The van der Waals surface area contributed by atoms with Crippen molar-refractivity contribution in [1.29, 1.82) is 5.41 Å². The molecule has 0 saturated carbocycles. The van der Waals surface area contributed by atoms with Crippen LogP contribution in [0.1, 0.15) is 27.9 Å². The Morgan fingerprint density at radius 1 is 0.977 bits per heavy atom. The van der Waals surface area contributed by atoms with Crippen molar-refractivity contribution in [2.45, 2.75) is 13.8 Å². The normalized spacial score (nSPS) is 15.0. The number of hydrogen-bond donors (Lipinski definition) is 3. The number of allylic oxidation sites excluding steroid dienone is 8.